The van der Waals surface area contributed by atoms with Crippen LogP contribution in [0.4, 0.5) is 0 Å². The summed E-state index contributed by atoms with van der Waals surface area (Å²) in [7, 11) is 0. The lowest BCUT2D eigenvalue weighted by Gasteiger charge is -2.30. The summed E-state index contributed by atoms with van der Waals surface area (Å²) in [5, 5.41) is 19.8. The molecule has 26 heavy (non-hydrogen) atoms. The molecule has 1 aliphatic rings. The van der Waals surface area contributed by atoms with Gasteiger partial charge in [0.05, 0.1) is 23.3 Å². The number of nitrogens with zero attached hydrogens (tertiary/aromatic N) is 1. The number of amides is 1. The molecule has 0 spiro atoms. The molecule has 1 aromatic carbocycles. The van der Waals surface area contributed by atoms with Crippen molar-refractivity contribution in [3.05, 3.63) is 39.2 Å². The van der Waals surface area contributed by atoms with E-state index in [0.717, 1.165) is 5.56 Å². The number of aryl methyl sites for hydroxylation is 2. The number of likely N-dealkylation sites (tertiary alicyclic amines) is 1. The van der Waals surface area contributed by atoms with Crippen molar-refractivity contribution in [3.63, 3.8) is 0 Å². The first kappa shape index (κ1) is 18.0. The molecule has 138 valence electrons. The van der Waals surface area contributed by atoms with Gasteiger partial charge < -0.3 is 19.5 Å². The average molecular weight is 359 g/mol. The summed E-state index contributed by atoms with van der Waals surface area (Å²) in [5.74, 6) is -1.80. The molecule has 0 saturated carbocycles. The van der Waals surface area contributed by atoms with Crippen molar-refractivity contribution in [2.24, 2.45) is 5.92 Å². The molecule has 2 aromatic rings. The molecule has 0 unspecified atom stereocenters. The number of hydrogen-bond donors (Lipinski definition) is 2. The maximum absolute atomic E-state index is 12.6. The zero-order chi connectivity index (χ0) is 19.0. The van der Waals surface area contributed by atoms with Crippen molar-refractivity contribution < 1.29 is 24.2 Å². The number of aliphatic carboxylic acids is 1. The third-order valence-electron chi connectivity index (χ3n) is 4.95. The van der Waals surface area contributed by atoms with Crippen molar-refractivity contribution in [2.45, 2.75) is 33.1 Å². The second kappa shape index (κ2) is 6.82. The van der Waals surface area contributed by atoms with E-state index in [1.54, 1.807) is 26.0 Å². The number of fused-ring (bicyclic) bond motifs is 1. The SMILES string of the molecule is Cc1cc(O)c2c(C)c(CC(=O)N3CCC[C@H](C(=O)O)C3)c(=O)oc2c1. The van der Waals surface area contributed by atoms with E-state index in [1.165, 1.54) is 4.90 Å². The molecule has 1 saturated heterocycles. The van der Waals surface area contributed by atoms with Crippen LogP contribution in [0.15, 0.2) is 21.3 Å². The summed E-state index contributed by atoms with van der Waals surface area (Å²) in [6, 6.07) is 3.24. The molecule has 7 nitrogen and oxygen atoms in total. The second-order valence-electron chi connectivity index (χ2n) is 6.84. The molecule has 7 heteroatoms. The monoisotopic (exact) mass is 359 g/mol. The molecule has 1 amide bonds. The highest BCUT2D eigenvalue weighted by Crippen LogP contribution is 2.30. The van der Waals surface area contributed by atoms with Gasteiger partial charge in [-0.25, -0.2) is 4.79 Å². The largest absolute Gasteiger partial charge is 0.507 e. The summed E-state index contributed by atoms with van der Waals surface area (Å²) in [6.07, 6.45) is 0.987. The van der Waals surface area contributed by atoms with Crippen LogP contribution in [0.3, 0.4) is 0 Å². The molecule has 0 aliphatic carbocycles. The van der Waals surface area contributed by atoms with Crippen LogP contribution in [-0.2, 0) is 16.0 Å². The van der Waals surface area contributed by atoms with Gasteiger partial charge in [-0.1, -0.05) is 0 Å². The Morgan fingerprint density at radius 1 is 1.31 bits per heavy atom. The maximum atomic E-state index is 12.6. The Kier molecular flexibility index (Phi) is 4.71. The fraction of sp³-hybridized carbons (Fsp3) is 0.421. The van der Waals surface area contributed by atoms with Crippen LogP contribution in [0, 0.1) is 19.8 Å². The van der Waals surface area contributed by atoms with Gasteiger partial charge in [-0.05, 0) is 49.9 Å². The van der Waals surface area contributed by atoms with Gasteiger partial charge in [0, 0.05) is 13.1 Å². The fourth-order valence-corrected chi connectivity index (χ4v) is 3.53. The van der Waals surface area contributed by atoms with Crippen molar-refractivity contribution in [3.8, 4) is 5.75 Å². The number of benzene rings is 1. The first-order valence-electron chi connectivity index (χ1n) is 8.54. The van der Waals surface area contributed by atoms with E-state index in [0.29, 0.717) is 30.3 Å². The lowest BCUT2D eigenvalue weighted by atomic mass is 9.97. The summed E-state index contributed by atoms with van der Waals surface area (Å²) >= 11 is 0. The van der Waals surface area contributed by atoms with E-state index in [1.807, 2.05) is 0 Å². The van der Waals surface area contributed by atoms with Crippen molar-refractivity contribution in [1.82, 2.24) is 4.90 Å². The zero-order valence-electron chi connectivity index (χ0n) is 14.7. The van der Waals surface area contributed by atoms with Gasteiger partial charge in [-0.15, -0.1) is 0 Å². The first-order valence-corrected chi connectivity index (χ1v) is 8.54. The summed E-state index contributed by atoms with van der Waals surface area (Å²) in [4.78, 5) is 37.6. The van der Waals surface area contributed by atoms with E-state index >= 15 is 0 Å². The number of carboxylic acids is 1. The normalized spacial score (nSPS) is 17.5. The van der Waals surface area contributed by atoms with Gasteiger partial charge in [0.2, 0.25) is 5.91 Å². The second-order valence-corrected chi connectivity index (χ2v) is 6.84. The van der Waals surface area contributed by atoms with Crippen molar-refractivity contribution in [1.29, 1.82) is 0 Å². The Hall–Kier alpha value is -2.83. The molecule has 1 aromatic heterocycles. The predicted molar refractivity (Wildman–Crippen MR) is 94.3 cm³/mol. The van der Waals surface area contributed by atoms with Gasteiger partial charge in [0.25, 0.3) is 0 Å². The number of phenolic OH excluding ortho intramolecular Hbond substituents is 1. The van der Waals surface area contributed by atoms with Crippen LogP contribution < -0.4 is 5.63 Å². The first-order chi connectivity index (χ1) is 12.3. The minimum Gasteiger partial charge on any atom is -0.507 e. The number of carbonyl (C=O) groups is 2. The Morgan fingerprint density at radius 2 is 2.04 bits per heavy atom. The molecular formula is C19H21NO6. The van der Waals surface area contributed by atoms with Gasteiger partial charge in [-0.2, -0.15) is 0 Å². The van der Waals surface area contributed by atoms with Crippen LogP contribution in [0.2, 0.25) is 0 Å². The van der Waals surface area contributed by atoms with E-state index in [4.69, 9.17) is 9.52 Å². The van der Waals surface area contributed by atoms with Crippen molar-refractivity contribution in [2.75, 3.05) is 13.1 Å². The molecule has 3 rings (SSSR count). The Balaban J connectivity index is 1.92. The number of hydrogen-bond acceptors (Lipinski definition) is 5. The predicted octanol–water partition coefficient (Wildman–Crippen LogP) is 1.98. The number of phenols is 1. The van der Waals surface area contributed by atoms with Crippen LogP contribution in [0.25, 0.3) is 11.0 Å². The molecule has 2 heterocycles. The maximum Gasteiger partial charge on any atom is 0.340 e. The van der Waals surface area contributed by atoms with E-state index in [9.17, 15) is 19.5 Å². The van der Waals surface area contributed by atoms with Crippen LogP contribution in [0.1, 0.15) is 29.5 Å². The highest BCUT2D eigenvalue weighted by Gasteiger charge is 2.29. The minimum absolute atomic E-state index is 0.00105. The van der Waals surface area contributed by atoms with Gasteiger partial charge in [-0.3, -0.25) is 9.59 Å². The number of piperidine rings is 1. The van der Waals surface area contributed by atoms with Crippen LogP contribution in [0.5, 0.6) is 5.75 Å². The van der Waals surface area contributed by atoms with Gasteiger partial charge in [0.1, 0.15) is 11.3 Å². The Labute approximate surface area is 149 Å². The molecular weight excluding hydrogens is 338 g/mol. The van der Waals surface area contributed by atoms with Gasteiger partial charge >= 0.3 is 11.6 Å². The van der Waals surface area contributed by atoms with Crippen LogP contribution in [-0.4, -0.2) is 40.1 Å². The molecule has 0 radical (unpaired) electrons. The highest BCUT2D eigenvalue weighted by atomic mass is 16.4. The number of carbonyl (C=O) groups excluding carboxylic acids is 1. The third-order valence-corrected chi connectivity index (χ3v) is 4.95. The summed E-state index contributed by atoms with van der Waals surface area (Å²) < 4.78 is 5.30. The van der Waals surface area contributed by atoms with Gasteiger partial charge in [0.15, 0.2) is 0 Å². The van der Waals surface area contributed by atoms with E-state index < -0.39 is 17.5 Å². The average Bonchev–Trinajstić information content (AvgIpc) is 2.57. The topological polar surface area (TPSA) is 108 Å². The highest BCUT2D eigenvalue weighted by molar-refractivity contribution is 5.89. The lowest BCUT2D eigenvalue weighted by Crippen LogP contribution is -2.43. The molecule has 2 N–H and O–H groups in total. The molecule has 1 atom stereocenters. The Morgan fingerprint density at radius 3 is 2.73 bits per heavy atom. The quantitative estimate of drug-likeness (QED) is 0.811. The number of carboxylic acid groups (broad SMARTS) is 1. The minimum atomic E-state index is -0.913. The number of rotatable bonds is 3. The Bertz CT molecular complexity index is 945. The standard InChI is InChI=1S/C19H21NO6/c1-10-6-14(21)17-11(2)13(19(25)26-15(17)7-10)8-16(22)20-5-3-4-12(9-20)18(23)24/h6-7,12,21H,3-5,8-9H2,1-2H3,(H,23,24)/t12-/m0/s1. The fourth-order valence-electron chi connectivity index (χ4n) is 3.53. The molecule has 1 aliphatic heterocycles. The number of aromatic hydroxyl groups is 1. The molecule has 0 bridgehead atoms. The molecule has 1 fully saturated rings. The summed E-state index contributed by atoms with van der Waals surface area (Å²) in [6.45, 7) is 4.08. The van der Waals surface area contributed by atoms with Crippen molar-refractivity contribution >= 4 is 22.8 Å². The summed E-state index contributed by atoms with van der Waals surface area (Å²) in [5.41, 5.74) is 1.13. The van der Waals surface area contributed by atoms with E-state index in [-0.39, 0.29) is 35.8 Å². The van der Waals surface area contributed by atoms with E-state index in [2.05, 4.69) is 0 Å². The van der Waals surface area contributed by atoms with Crippen LogP contribution >= 0.6 is 0 Å². The third kappa shape index (κ3) is 3.29. The smallest absolute Gasteiger partial charge is 0.340 e. The lowest BCUT2D eigenvalue weighted by molar-refractivity contribution is -0.145. The zero-order valence-corrected chi connectivity index (χ0v) is 14.7.